The van der Waals surface area contributed by atoms with Gasteiger partial charge in [-0.1, -0.05) is 0 Å². The Morgan fingerprint density at radius 3 is 2.29 bits per heavy atom. The number of thiophene rings is 1. The van der Waals surface area contributed by atoms with Crippen LogP contribution < -0.4 is 5.32 Å². The molecule has 0 radical (unpaired) electrons. The van der Waals surface area contributed by atoms with Gasteiger partial charge < -0.3 is 10.4 Å². The summed E-state index contributed by atoms with van der Waals surface area (Å²) in [6.07, 6.45) is -4.36. The second-order valence-electron chi connectivity index (χ2n) is 4.37. The van der Waals surface area contributed by atoms with E-state index in [1.807, 2.05) is 0 Å². The number of rotatable bonds is 5. The van der Waals surface area contributed by atoms with Crippen molar-refractivity contribution >= 4 is 23.0 Å². The fourth-order valence-electron chi connectivity index (χ4n) is 1.73. The molecule has 21 heavy (non-hydrogen) atoms. The summed E-state index contributed by atoms with van der Waals surface area (Å²) in [5.74, 6) is -0.890. The van der Waals surface area contributed by atoms with Gasteiger partial charge in [-0.15, -0.1) is 11.3 Å². The maximum absolute atomic E-state index is 12.4. The molecule has 1 heterocycles. The fraction of sp³-hybridized carbons (Fsp3) is 0.214. The van der Waals surface area contributed by atoms with Gasteiger partial charge in [0.1, 0.15) is 0 Å². The molecule has 0 fully saturated rings. The quantitative estimate of drug-likeness (QED) is 0.876. The van der Waals surface area contributed by atoms with E-state index in [0.717, 1.165) is 21.9 Å². The van der Waals surface area contributed by atoms with Crippen LogP contribution >= 0.6 is 11.3 Å². The van der Waals surface area contributed by atoms with Crippen molar-refractivity contribution < 1.29 is 23.1 Å². The van der Waals surface area contributed by atoms with Crippen LogP contribution in [0.15, 0.2) is 36.4 Å². The summed E-state index contributed by atoms with van der Waals surface area (Å²) in [4.78, 5) is 12.2. The number of carboxylic acids is 1. The number of alkyl halides is 3. The topological polar surface area (TPSA) is 49.3 Å². The SMILES string of the molecule is O=C(O)Cc1ccc(CNc2ccc(C(F)(F)F)cc2)s1. The van der Waals surface area contributed by atoms with E-state index in [9.17, 15) is 18.0 Å². The van der Waals surface area contributed by atoms with Crippen molar-refractivity contribution in [2.45, 2.75) is 19.1 Å². The summed E-state index contributed by atoms with van der Waals surface area (Å²) in [5, 5.41) is 11.7. The van der Waals surface area contributed by atoms with Crippen LogP contribution in [0.4, 0.5) is 18.9 Å². The Bertz CT molecular complexity index is 620. The molecule has 3 nitrogen and oxygen atoms in total. The van der Waals surface area contributed by atoms with Crippen LogP contribution in [0.1, 0.15) is 15.3 Å². The van der Waals surface area contributed by atoms with Gasteiger partial charge in [0.25, 0.3) is 0 Å². The number of halogens is 3. The van der Waals surface area contributed by atoms with Crippen LogP contribution in [0.2, 0.25) is 0 Å². The van der Waals surface area contributed by atoms with Gasteiger partial charge in [-0.2, -0.15) is 13.2 Å². The molecular formula is C14H12F3NO2S. The molecule has 0 spiro atoms. The highest BCUT2D eigenvalue weighted by Gasteiger charge is 2.29. The standard InChI is InChI=1S/C14H12F3NO2S/c15-14(16,17)9-1-3-10(4-2-9)18-8-12-6-5-11(21-12)7-13(19)20/h1-6,18H,7-8H2,(H,19,20). The van der Waals surface area contributed by atoms with Crippen LogP contribution in [0, 0.1) is 0 Å². The lowest BCUT2D eigenvalue weighted by molar-refractivity contribution is -0.138. The van der Waals surface area contributed by atoms with Gasteiger partial charge in [-0.3, -0.25) is 4.79 Å². The van der Waals surface area contributed by atoms with Crippen molar-refractivity contribution in [2.24, 2.45) is 0 Å². The molecule has 0 unspecified atom stereocenters. The van der Waals surface area contributed by atoms with Crippen LogP contribution in [0.3, 0.4) is 0 Å². The Morgan fingerprint density at radius 2 is 1.71 bits per heavy atom. The number of hydrogen-bond donors (Lipinski definition) is 2. The molecule has 1 aromatic heterocycles. The van der Waals surface area contributed by atoms with E-state index in [-0.39, 0.29) is 6.42 Å². The van der Waals surface area contributed by atoms with E-state index in [0.29, 0.717) is 12.2 Å². The molecule has 0 atom stereocenters. The van der Waals surface area contributed by atoms with Crippen molar-refractivity contribution in [1.29, 1.82) is 0 Å². The molecule has 0 saturated carbocycles. The zero-order valence-corrected chi connectivity index (χ0v) is 11.6. The first-order valence-electron chi connectivity index (χ1n) is 6.05. The van der Waals surface area contributed by atoms with E-state index < -0.39 is 17.7 Å². The van der Waals surface area contributed by atoms with Gasteiger partial charge in [0.05, 0.1) is 12.0 Å². The van der Waals surface area contributed by atoms with Crippen LogP contribution in [-0.2, 0) is 23.9 Å². The van der Waals surface area contributed by atoms with Gasteiger partial charge in [0.2, 0.25) is 0 Å². The number of carbonyl (C=O) groups is 1. The largest absolute Gasteiger partial charge is 0.481 e. The van der Waals surface area contributed by atoms with Crippen molar-refractivity contribution in [1.82, 2.24) is 0 Å². The minimum absolute atomic E-state index is 0.0229. The van der Waals surface area contributed by atoms with Crippen molar-refractivity contribution in [3.8, 4) is 0 Å². The van der Waals surface area contributed by atoms with Gasteiger partial charge in [0, 0.05) is 22.0 Å². The summed E-state index contributed by atoms with van der Waals surface area (Å²) >= 11 is 1.36. The predicted molar refractivity (Wildman–Crippen MR) is 74.4 cm³/mol. The highest BCUT2D eigenvalue weighted by molar-refractivity contribution is 7.12. The first-order chi connectivity index (χ1) is 9.84. The molecule has 0 aliphatic carbocycles. The Hall–Kier alpha value is -2.02. The number of anilines is 1. The van der Waals surface area contributed by atoms with E-state index in [1.165, 1.54) is 23.5 Å². The third-order valence-corrected chi connectivity index (χ3v) is 3.81. The van der Waals surface area contributed by atoms with Gasteiger partial charge in [0.15, 0.2) is 0 Å². The summed E-state index contributed by atoms with van der Waals surface area (Å²) in [5.41, 5.74) is -0.107. The first-order valence-corrected chi connectivity index (χ1v) is 6.87. The zero-order chi connectivity index (χ0) is 15.5. The van der Waals surface area contributed by atoms with E-state index in [2.05, 4.69) is 5.32 Å². The minimum atomic E-state index is -4.34. The third kappa shape index (κ3) is 4.49. The lowest BCUT2D eigenvalue weighted by Gasteiger charge is -2.08. The first kappa shape index (κ1) is 15.4. The molecule has 7 heteroatoms. The molecule has 0 bridgehead atoms. The molecule has 2 aromatic rings. The number of carboxylic acid groups (broad SMARTS) is 1. The molecule has 112 valence electrons. The summed E-state index contributed by atoms with van der Waals surface area (Å²) in [6, 6.07) is 8.32. The van der Waals surface area contributed by atoms with Crippen LogP contribution in [0.25, 0.3) is 0 Å². The molecule has 0 saturated heterocycles. The Kier molecular flexibility index (Phi) is 4.52. The van der Waals surface area contributed by atoms with Gasteiger partial charge in [-0.05, 0) is 36.4 Å². The van der Waals surface area contributed by atoms with Crippen LogP contribution in [0.5, 0.6) is 0 Å². The lowest BCUT2D eigenvalue weighted by atomic mass is 10.2. The molecule has 0 aliphatic heterocycles. The fourth-order valence-corrected chi connectivity index (χ4v) is 2.68. The molecule has 1 aromatic carbocycles. The zero-order valence-electron chi connectivity index (χ0n) is 10.8. The molecule has 0 aliphatic rings. The highest BCUT2D eigenvalue weighted by atomic mass is 32.1. The molecule has 2 N–H and O–H groups in total. The summed E-state index contributed by atoms with van der Waals surface area (Å²) in [6.45, 7) is 0.440. The van der Waals surface area contributed by atoms with Crippen molar-refractivity contribution in [3.05, 3.63) is 51.7 Å². The number of benzene rings is 1. The summed E-state index contributed by atoms with van der Waals surface area (Å²) < 4.78 is 37.2. The maximum Gasteiger partial charge on any atom is 0.416 e. The molecule has 2 rings (SSSR count). The van der Waals surface area contributed by atoms with E-state index in [4.69, 9.17) is 5.11 Å². The Balaban J connectivity index is 1.94. The minimum Gasteiger partial charge on any atom is -0.481 e. The average molecular weight is 315 g/mol. The molecule has 0 amide bonds. The smallest absolute Gasteiger partial charge is 0.416 e. The third-order valence-electron chi connectivity index (χ3n) is 2.72. The number of nitrogens with one attached hydrogen (secondary N) is 1. The monoisotopic (exact) mass is 315 g/mol. The normalized spacial score (nSPS) is 11.4. The second-order valence-corrected chi connectivity index (χ2v) is 5.62. The highest BCUT2D eigenvalue weighted by Crippen LogP contribution is 2.30. The van der Waals surface area contributed by atoms with Crippen molar-refractivity contribution in [2.75, 3.05) is 5.32 Å². The van der Waals surface area contributed by atoms with Crippen molar-refractivity contribution in [3.63, 3.8) is 0 Å². The average Bonchev–Trinajstić information content (AvgIpc) is 2.82. The second kappa shape index (κ2) is 6.17. The van der Waals surface area contributed by atoms with E-state index in [1.54, 1.807) is 12.1 Å². The lowest BCUT2D eigenvalue weighted by Crippen LogP contribution is -2.05. The maximum atomic E-state index is 12.4. The van der Waals surface area contributed by atoms with E-state index >= 15 is 0 Å². The molecular weight excluding hydrogens is 303 g/mol. The van der Waals surface area contributed by atoms with Crippen LogP contribution in [-0.4, -0.2) is 11.1 Å². The van der Waals surface area contributed by atoms with Gasteiger partial charge >= 0.3 is 12.1 Å². The number of aliphatic carboxylic acids is 1. The Labute approximate surface area is 123 Å². The Morgan fingerprint density at radius 1 is 1.10 bits per heavy atom. The number of hydrogen-bond acceptors (Lipinski definition) is 3. The van der Waals surface area contributed by atoms with Gasteiger partial charge in [-0.25, -0.2) is 0 Å². The summed E-state index contributed by atoms with van der Waals surface area (Å²) in [7, 11) is 0. The predicted octanol–water partition coefficient (Wildman–Crippen LogP) is 4.01.